The minimum Gasteiger partial charge on any atom is -0.364 e. The van der Waals surface area contributed by atoms with Gasteiger partial charge >= 0.3 is 0 Å². The molecule has 6 nitrogen and oxygen atoms in total. The van der Waals surface area contributed by atoms with Crippen molar-refractivity contribution in [3.63, 3.8) is 0 Å². The molecule has 5 rings (SSSR count). The number of nitrogens with zero attached hydrogens (tertiary/aromatic N) is 5. The fourth-order valence-corrected chi connectivity index (χ4v) is 4.26. The summed E-state index contributed by atoms with van der Waals surface area (Å²) in [6.45, 7) is 4.00. The van der Waals surface area contributed by atoms with Crippen LogP contribution < -0.4 is 0 Å². The Labute approximate surface area is 157 Å². The van der Waals surface area contributed by atoms with Gasteiger partial charge < -0.3 is 9.30 Å². The van der Waals surface area contributed by atoms with E-state index in [-0.39, 0.29) is 11.4 Å². The fraction of sp³-hybridized carbons (Fsp3) is 0.400. The van der Waals surface area contributed by atoms with Crippen molar-refractivity contribution < 1.29 is 9.13 Å². The van der Waals surface area contributed by atoms with Gasteiger partial charge in [-0.3, -0.25) is 9.58 Å². The van der Waals surface area contributed by atoms with Gasteiger partial charge in [0.05, 0.1) is 24.6 Å². The first kappa shape index (κ1) is 16.6. The van der Waals surface area contributed by atoms with Gasteiger partial charge in [0.2, 0.25) is 0 Å². The molecule has 0 amide bonds. The number of ether oxygens (including phenoxy) is 1. The van der Waals surface area contributed by atoms with Crippen LogP contribution in [0, 0.1) is 5.82 Å². The summed E-state index contributed by atoms with van der Waals surface area (Å²) in [7, 11) is 1.94. The number of aryl methyl sites for hydroxylation is 1. The van der Waals surface area contributed by atoms with Crippen LogP contribution in [0.5, 0.6) is 0 Å². The Morgan fingerprint density at radius 1 is 1.26 bits per heavy atom. The zero-order valence-electron chi connectivity index (χ0n) is 15.3. The number of rotatable bonds is 3. The molecule has 7 heteroatoms. The van der Waals surface area contributed by atoms with E-state index < -0.39 is 0 Å². The van der Waals surface area contributed by atoms with Crippen molar-refractivity contribution >= 4 is 0 Å². The first-order chi connectivity index (χ1) is 13.1. The minimum absolute atomic E-state index is 0.210. The van der Waals surface area contributed by atoms with E-state index in [1.54, 1.807) is 12.1 Å². The van der Waals surface area contributed by atoms with Crippen molar-refractivity contribution in [1.82, 2.24) is 24.2 Å². The number of halogens is 1. The predicted molar refractivity (Wildman–Crippen MR) is 98.2 cm³/mol. The molecule has 3 aromatic rings. The number of hydrogen-bond donors (Lipinski definition) is 0. The number of fused-ring (bicyclic) bond motifs is 1. The normalized spacial score (nSPS) is 22.4. The predicted octanol–water partition coefficient (Wildman–Crippen LogP) is 2.60. The van der Waals surface area contributed by atoms with Crippen molar-refractivity contribution in [3.8, 4) is 11.3 Å². The van der Waals surface area contributed by atoms with Crippen LogP contribution in [0.25, 0.3) is 11.3 Å². The van der Waals surface area contributed by atoms with E-state index in [1.165, 1.54) is 11.6 Å². The smallest absolute Gasteiger partial charge is 0.135 e. The number of imidazole rings is 1. The molecular formula is C20H22FN5O. The Hall–Kier alpha value is -2.51. The maximum Gasteiger partial charge on any atom is 0.135 e. The Morgan fingerprint density at radius 2 is 2.19 bits per heavy atom. The summed E-state index contributed by atoms with van der Waals surface area (Å²) in [4.78, 5) is 6.92. The van der Waals surface area contributed by atoms with Crippen molar-refractivity contribution in [3.05, 3.63) is 60.1 Å². The highest BCUT2D eigenvalue weighted by atomic mass is 19.1. The van der Waals surface area contributed by atoms with Crippen LogP contribution in [-0.4, -0.2) is 42.9 Å². The van der Waals surface area contributed by atoms with Crippen molar-refractivity contribution in [1.29, 1.82) is 0 Å². The quantitative estimate of drug-likeness (QED) is 0.714. The molecule has 2 aromatic heterocycles. The Kier molecular flexibility index (Phi) is 3.87. The first-order valence-electron chi connectivity index (χ1n) is 9.24. The molecule has 0 saturated carbocycles. The Bertz CT molecular complexity index is 980. The molecule has 0 aliphatic carbocycles. The van der Waals surface area contributed by atoms with Gasteiger partial charge in [-0.15, -0.1) is 0 Å². The largest absolute Gasteiger partial charge is 0.364 e. The van der Waals surface area contributed by atoms with Crippen molar-refractivity contribution in [2.75, 3.05) is 13.1 Å². The second kappa shape index (κ2) is 6.28. The Morgan fingerprint density at radius 3 is 3.00 bits per heavy atom. The lowest BCUT2D eigenvalue weighted by molar-refractivity contribution is -0.0821. The van der Waals surface area contributed by atoms with Crippen LogP contribution in [0.3, 0.4) is 0 Å². The summed E-state index contributed by atoms with van der Waals surface area (Å²) in [5, 5.41) is 4.25. The number of benzene rings is 1. The summed E-state index contributed by atoms with van der Waals surface area (Å²) in [6.07, 6.45) is 6.79. The SMILES string of the molecule is Cn1cc(CN2CC[C@@]3(C2)Cn2c(-c4cccc(F)c4)cnc2CO3)cn1. The Balaban J connectivity index is 1.37. The van der Waals surface area contributed by atoms with Crippen molar-refractivity contribution in [2.45, 2.75) is 31.7 Å². The first-order valence-corrected chi connectivity index (χ1v) is 9.24. The van der Waals surface area contributed by atoms with Crippen LogP contribution in [0.15, 0.2) is 42.9 Å². The molecule has 1 saturated heterocycles. The highest BCUT2D eigenvalue weighted by Gasteiger charge is 2.43. The van der Waals surface area contributed by atoms with Gasteiger partial charge in [-0.25, -0.2) is 9.37 Å². The van der Waals surface area contributed by atoms with Crippen LogP contribution in [-0.2, 0) is 31.5 Å². The molecule has 2 aliphatic heterocycles. The molecule has 2 aliphatic rings. The molecule has 1 spiro atoms. The van der Waals surface area contributed by atoms with Gasteiger partial charge in [0, 0.05) is 44.0 Å². The molecule has 0 bridgehead atoms. The summed E-state index contributed by atoms with van der Waals surface area (Å²) in [5.41, 5.74) is 2.82. The highest BCUT2D eigenvalue weighted by molar-refractivity contribution is 5.59. The second-order valence-corrected chi connectivity index (χ2v) is 7.61. The van der Waals surface area contributed by atoms with E-state index in [0.29, 0.717) is 6.61 Å². The van der Waals surface area contributed by atoms with Gasteiger partial charge in [0.1, 0.15) is 23.8 Å². The second-order valence-electron chi connectivity index (χ2n) is 7.61. The summed E-state index contributed by atoms with van der Waals surface area (Å²) in [5.74, 6) is 0.680. The van der Waals surface area contributed by atoms with Gasteiger partial charge in [0.15, 0.2) is 0 Å². The molecule has 1 aromatic carbocycles. The standard InChI is InChI=1S/C20H22FN5O/c1-24-10-15(8-23-24)11-25-6-5-20(13-25)14-26-18(9-22-19(26)12-27-20)16-3-2-4-17(21)7-16/h2-4,7-10H,5-6,11-14H2,1H3/t20-/m1/s1. The fourth-order valence-electron chi connectivity index (χ4n) is 4.26. The lowest BCUT2D eigenvalue weighted by atomic mass is 10.0. The van der Waals surface area contributed by atoms with Crippen LogP contribution in [0.2, 0.25) is 0 Å². The van der Waals surface area contributed by atoms with E-state index in [2.05, 4.69) is 25.7 Å². The topological polar surface area (TPSA) is 48.1 Å². The van der Waals surface area contributed by atoms with E-state index in [9.17, 15) is 4.39 Å². The highest BCUT2D eigenvalue weighted by Crippen LogP contribution is 2.35. The zero-order valence-corrected chi connectivity index (χ0v) is 15.3. The third-order valence-corrected chi connectivity index (χ3v) is 5.57. The summed E-state index contributed by atoms with van der Waals surface area (Å²) in [6, 6.07) is 6.70. The zero-order chi connectivity index (χ0) is 18.4. The lowest BCUT2D eigenvalue weighted by Crippen LogP contribution is -2.44. The average molecular weight is 367 g/mol. The molecule has 1 fully saturated rings. The van der Waals surface area contributed by atoms with Crippen LogP contribution in [0.1, 0.15) is 17.8 Å². The molecule has 140 valence electrons. The summed E-state index contributed by atoms with van der Waals surface area (Å²) >= 11 is 0. The maximum absolute atomic E-state index is 13.7. The van der Waals surface area contributed by atoms with Crippen LogP contribution in [0.4, 0.5) is 4.39 Å². The van der Waals surface area contributed by atoms with Gasteiger partial charge in [-0.2, -0.15) is 5.10 Å². The maximum atomic E-state index is 13.7. The number of hydrogen-bond acceptors (Lipinski definition) is 4. The van der Waals surface area contributed by atoms with Gasteiger partial charge in [-0.1, -0.05) is 12.1 Å². The van der Waals surface area contributed by atoms with Crippen LogP contribution >= 0.6 is 0 Å². The average Bonchev–Trinajstić information content (AvgIpc) is 3.35. The van der Waals surface area contributed by atoms with E-state index in [4.69, 9.17) is 4.74 Å². The van der Waals surface area contributed by atoms with Crippen molar-refractivity contribution in [2.24, 2.45) is 7.05 Å². The number of likely N-dealkylation sites (tertiary alicyclic amines) is 1. The van der Waals surface area contributed by atoms with E-state index in [1.807, 2.05) is 30.2 Å². The molecule has 0 radical (unpaired) electrons. The van der Waals surface area contributed by atoms with E-state index in [0.717, 1.165) is 49.7 Å². The number of aromatic nitrogens is 4. The summed E-state index contributed by atoms with van der Waals surface area (Å²) < 4.78 is 24.0. The monoisotopic (exact) mass is 367 g/mol. The minimum atomic E-state index is -0.228. The third kappa shape index (κ3) is 3.07. The molecule has 0 N–H and O–H groups in total. The molecule has 1 atom stereocenters. The molecule has 0 unspecified atom stereocenters. The van der Waals surface area contributed by atoms with E-state index >= 15 is 0 Å². The third-order valence-electron chi connectivity index (χ3n) is 5.57. The van der Waals surface area contributed by atoms with Gasteiger partial charge in [0.25, 0.3) is 0 Å². The molecule has 27 heavy (non-hydrogen) atoms. The van der Waals surface area contributed by atoms with Gasteiger partial charge in [-0.05, 0) is 18.6 Å². The molecular weight excluding hydrogens is 345 g/mol. The lowest BCUT2D eigenvalue weighted by Gasteiger charge is -2.35. The molecule has 4 heterocycles.